The molecule has 0 spiro atoms. The summed E-state index contributed by atoms with van der Waals surface area (Å²) in [6.07, 6.45) is 2.80. The van der Waals surface area contributed by atoms with Crippen molar-refractivity contribution in [1.82, 2.24) is 0 Å². The molecule has 1 aromatic rings. The molecular formula is C16H21BO4. The van der Waals surface area contributed by atoms with Crippen molar-refractivity contribution >= 4 is 18.6 Å². The number of unbranched alkanes of at least 4 members (excludes halogenated alkanes) is 1. The first-order valence-corrected chi connectivity index (χ1v) is 7.31. The van der Waals surface area contributed by atoms with Crippen LogP contribution in [0.25, 0.3) is 0 Å². The van der Waals surface area contributed by atoms with Gasteiger partial charge in [-0.3, -0.25) is 0 Å². The van der Waals surface area contributed by atoms with E-state index in [1.165, 1.54) is 0 Å². The summed E-state index contributed by atoms with van der Waals surface area (Å²) in [5, 5.41) is 0. The Labute approximate surface area is 126 Å². The predicted molar refractivity (Wildman–Crippen MR) is 82.3 cm³/mol. The number of hydrogen-bond acceptors (Lipinski definition) is 4. The monoisotopic (exact) mass is 288 g/mol. The molecule has 0 aromatic heterocycles. The van der Waals surface area contributed by atoms with E-state index in [0.29, 0.717) is 18.8 Å². The molecule has 1 unspecified atom stereocenters. The van der Waals surface area contributed by atoms with Gasteiger partial charge in [-0.15, -0.1) is 0 Å². The third-order valence-corrected chi connectivity index (χ3v) is 3.32. The maximum Gasteiger partial charge on any atom is 0.494 e. The molecule has 21 heavy (non-hydrogen) atoms. The SMILES string of the molecule is C=C(C)C(=O)OCCCCC1COB(c2ccccc2)O1. The number of esters is 1. The van der Waals surface area contributed by atoms with Crippen molar-refractivity contribution < 1.29 is 18.8 Å². The first kappa shape index (κ1) is 15.8. The van der Waals surface area contributed by atoms with Crippen LogP contribution in [0, 0.1) is 0 Å². The summed E-state index contributed by atoms with van der Waals surface area (Å²) in [4.78, 5) is 11.2. The molecule has 1 aliphatic heterocycles. The first-order valence-electron chi connectivity index (χ1n) is 7.31. The van der Waals surface area contributed by atoms with Gasteiger partial charge in [0.05, 0.1) is 19.3 Å². The Morgan fingerprint density at radius 3 is 2.86 bits per heavy atom. The molecule has 1 heterocycles. The number of benzene rings is 1. The molecule has 0 bridgehead atoms. The van der Waals surface area contributed by atoms with E-state index in [0.717, 1.165) is 24.7 Å². The van der Waals surface area contributed by atoms with Gasteiger partial charge in [0.15, 0.2) is 0 Å². The second-order valence-electron chi connectivity index (χ2n) is 5.25. The van der Waals surface area contributed by atoms with E-state index in [2.05, 4.69) is 6.58 Å². The molecule has 0 amide bonds. The fourth-order valence-corrected chi connectivity index (χ4v) is 2.15. The molecule has 1 aliphatic rings. The molecule has 1 atom stereocenters. The molecule has 2 rings (SSSR count). The van der Waals surface area contributed by atoms with Gasteiger partial charge in [0.1, 0.15) is 0 Å². The highest BCUT2D eigenvalue weighted by Gasteiger charge is 2.32. The first-order chi connectivity index (χ1) is 10.2. The van der Waals surface area contributed by atoms with Crippen molar-refractivity contribution in [3.05, 3.63) is 42.5 Å². The van der Waals surface area contributed by atoms with E-state index in [1.807, 2.05) is 30.3 Å². The van der Waals surface area contributed by atoms with Crippen LogP contribution in [-0.2, 0) is 18.8 Å². The molecular weight excluding hydrogens is 267 g/mol. The van der Waals surface area contributed by atoms with Gasteiger partial charge in [-0.05, 0) is 31.6 Å². The van der Waals surface area contributed by atoms with Gasteiger partial charge in [0, 0.05) is 5.57 Å². The van der Waals surface area contributed by atoms with Crippen LogP contribution in [0.3, 0.4) is 0 Å². The second kappa shape index (κ2) is 8.00. The standard InChI is InChI=1S/C16H21BO4/c1-13(2)16(18)19-11-7-6-10-15-12-20-17(21-15)14-8-4-3-5-9-14/h3-5,8-9,15H,1,6-7,10-12H2,2H3. The zero-order valence-electron chi connectivity index (χ0n) is 12.4. The second-order valence-corrected chi connectivity index (χ2v) is 5.25. The van der Waals surface area contributed by atoms with Gasteiger partial charge in [-0.1, -0.05) is 36.9 Å². The van der Waals surface area contributed by atoms with Gasteiger partial charge in [0.25, 0.3) is 0 Å². The minimum absolute atomic E-state index is 0.118. The van der Waals surface area contributed by atoms with Crippen molar-refractivity contribution in [2.45, 2.75) is 32.3 Å². The van der Waals surface area contributed by atoms with Crippen LogP contribution in [0.5, 0.6) is 0 Å². The Kier molecular flexibility index (Phi) is 6.02. The minimum atomic E-state index is -0.320. The lowest BCUT2D eigenvalue weighted by molar-refractivity contribution is -0.139. The fraction of sp³-hybridized carbons (Fsp3) is 0.438. The van der Waals surface area contributed by atoms with Crippen LogP contribution in [0.4, 0.5) is 0 Å². The third kappa shape index (κ3) is 5.03. The highest BCUT2D eigenvalue weighted by molar-refractivity contribution is 6.61. The lowest BCUT2D eigenvalue weighted by Gasteiger charge is -2.09. The van der Waals surface area contributed by atoms with Crippen molar-refractivity contribution in [1.29, 1.82) is 0 Å². The Morgan fingerprint density at radius 2 is 2.14 bits per heavy atom. The Morgan fingerprint density at radius 1 is 1.38 bits per heavy atom. The fourth-order valence-electron chi connectivity index (χ4n) is 2.15. The number of hydrogen-bond donors (Lipinski definition) is 0. The predicted octanol–water partition coefficient (Wildman–Crippen LogP) is 2.09. The molecule has 1 saturated heterocycles. The molecule has 0 radical (unpaired) electrons. The molecule has 5 heteroatoms. The Balaban J connectivity index is 1.61. The summed E-state index contributed by atoms with van der Waals surface area (Å²) in [6.45, 7) is 6.24. The number of carbonyl (C=O) groups is 1. The molecule has 0 N–H and O–H groups in total. The zero-order valence-corrected chi connectivity index (χ0v) is 12.4. The molecule has 4 nitrogen and oxygen atoms in total. The summed E-state index contributed by atoms with van der Waals surface area (Å²) in [5.74, 6) is -0.320. The highest BCUT2D eigenvalue weighted by atomic mass is 16.6. The summed E-state index contributed by atoms with van der Waals surface area (Å²) in [5.41, 5.74) is 1.49. The van der Waals surface area contributed by atoms with Crippen LogP contribution in [-0.4, -0.2) is 32.4 Å². The van der Waals surface area contributed by atoms with Crippen molar-refractivity contribution in [2.24, 2.45) is 0 Å². The number of ether oxygens (including phenoxy) is 1. The smallest absolute Gasteiger partial charge is 0.462 e. The van der Waals surface area contributed by atoms with E-state index < -0.39 is 0 Å². The van der Waals surface area contributed by atoms with Crippen LogP contribution in [0.1, 0.15) is 26.2 Å². The average Bonchev–Trinajstić information content (AvgIpc) is 2.96. The largest absolute Gasteiger partial charge is 0.494 e. The Hall–Kier alpha value is -1.59. The number of rotatable bonds is 7. The van der Waals surface area contributed by atoms with Crippen molar-refractivity contribution in [3.63, 3.8) is 0 Å². The van der Waals surface area contributed by atoms with E-state index in [4.69, 9.17) is 14.0 Å². The van der Waals surface area contributed by atoms with Crippen LogP contribution < -0.4 is 5.46 Å². The summed E-state index contributed by atoms with van der Waals surface area (Å²) >= 11 is 0. The zero-order chi connectivity index (χ0) is 15.1. The lowest BCUT2D eigenvalue weighted by Crippen LogP contribution is -2.32. The van der Waals surface area contributed by atoms with Gasteiger partial charge in [0.2, 0.25) is 0 Å². The molecule has 112 valence electrons. The van der Waals surface area contributed by atoms with E-state index in [1.54, 1.807) is 6.92 Å². The minimum Gasteiger partial charge on any atom is -0.462 e. The summed E-state index contributed by atoms with van der Waals surface area (Å²) in [6, 6.07) is 9.94. The van der Waals surface area contributed by atoms with Gasteiger partial charge in [-0.25, -0.2) is 4.79 Å². The van der Waals surface area contributed by atoms with Crippen LogP contribution in [0.15, 0.2) is 42.5 Å². The topological polar surface area (TPSA) is 44.8 Å². The van der Waals surface area contributed by atoms with Crippen molar-refractivity contribution in [2.75, 3.05) is 13.2 Å². The molecule has 1 aromatic carbocycles. The Bertz CT molecular complexity index is 474. The molecule has 0 aliphatic carbocycles. The van der Waals surface area contributed by atoms with Gasteiger partial charge in [-0.2, -0.15) is 0 Å². The van der Waals surface area contributed by atoms with Gasteiger partial charge >= 0.3 is 13.1 Å². The maximum absolute atomic E-state index is 11.2. The summed E-state index contributed by atoms with van der Waals surface area (Å²) < 4.78 is 16.6. The van der Waals surface area contributed by atoms with Crippen LogP contribution in [0.2, 0.25) is 0 Å². The van der Waals surface area contributed by atoms with Gasteiger partial charge < -0.3 is 14.0 Å². The number of carbonyl (C=O) groups excluding carboxylic acids is 1. The lowest BCUT2D eigenvalue weighted by atomic mass is 9.79. The normalized spacial score (nSPS) is 17.8. The van der Waals surface area contributed by atoms with E-state index in [9.17, 15) is 4.79 Å². The van der Waals surface area contributed by atoms with E-state index >= 15 is 0 Å². The quantitative estimate of drug-likeness (QED) is 0.333. The summed E-state index contributed by atoms with van der Waals surface area (Å²) in [7, 11) is -0.252. The molecule has 0 saturated carbocycles. The van der Waals surface area contributed by atoms with Crippen LogP contribution >= 0.6 is 0 Å². The van der Waals surface area contributed by atoms with E-state index in [-0.39, 0.29) is 19.2 Å². The molecule has 1 fully saturated rings. The average molecular weight is 288 g/mol. The highest BCUT2D eigenvalue weighted by Crippen LogP contribution is 2.14. The maximum atomic E-state index is 11.2. The third-order valence-electron chi connectivity index (χ3n) is 3.32. The van der Waals surface area contributed by atoms with Crippen molar-refractivity contribution in [3.8, 4) is 0 Å².